The van der Waals surface area contributed by atoms with Gasteiger partial charge in [-0.15, -0.1) is 11.3 Å². The van der Waals surface area contributed by atoms with Gasteiger partial charge in [0.15, 0.2) is 0 Å². The molecule has 0 saturated carbocycles. The molecule has 0 atom stereocenters. The van der Waals surface area contributed by atoms with Crippen molar-refractivity contribution in [2.24, 2.45) is 0 Å². The molecule has 4 aromatic rings. The van der Waals surface area contributed by atoms with Crippen molar-refractivity contribution in [3.05, 3.63) is 103 Å². The number of allylic oxidation sites excluding steroid dienone is 6. The van der Waals surface area contributed by atoms with Gasteiger partial charge in [0, 0.05) is 31.5 Å². The lowest BCUT2D eigenvalue weighted by molar-refractivity contribution is 1.39. The van der Waals surface area contributed by atoms with Crippen molar-refractivity contribution in [1.82, 2.24) is 0 Å². The van der Waals surface area contributed by atoms with Gasteiger partial charge in [-0.3, -0.25) is 0 Å². The lowest BCUT2D eigenvalue weighted by atomic mass is 10.0. The van der Waals surface area contributed by atoms with E-state index in [-0.39, 0.29) is 0 Å². The number of rotatable bonds is 3. The quantitative estimate of drug-likeness (QED) is 0.392. The van der Waals surface area contributed by atoms with Crippen LogP contribution in [0, 0.1) is 0 Å². The third-order valence-electron chi connectivity index (χ3n) is 4.92. The highest BCUT2D eigenvalue weighted by Crippen LogP contribution is 2.35. The predicted octanol–water partition coefficient (Wildman–Crippen LogP) is 7.70. The van der Waals surface area contributed by atoms with Crippen molar-refractivity contribution in [2.45, 2.75) is 6.42 Å². The zero-order valence-corrected chi connectivity index (χ0v) is 15.7. The Bertz CT molecular complexity index is 1210. The SMILES string of the molecule is C1=CC=C(c2ccc(Nc3ccc4c(c3)sc3ccccc34)cc2)CC=C1. The maximum atomic E-state index is 3.54. The fraction of sp³-hybridized carbons (Fsp3) is 0.0400. The maximum Gasteiger partial charge on any atom is 0.0398 e. The molecule has 0 aliphatic heterocycles. The Morgan fingerprint density at radius 1 is 0.704 bits per heavy atom. The van der Waals surface area contributed by atoms with Crippen LogP contribution in [0.15, 0.2) is 97.1 Å². The molecule has 1 aromatic heterocycles. The lowest BCUT2D eigenvalue weighted by Crippen LogP contribution is -1.90. The molecule has 0 spiro atoms. The molecule has 130 valence electrons. The Hall–Kier alpha value is -3.10. The van der Waals surface area contributed by atoms with Crippen molar-refractivity contribution in [3.63, 3.8) is 0 Å². The van der Waals surface area contributed by atoms with E-state index in [9.17, 15) is 0 Å². The molecule has 0 saturated heterocycles. The summed E-state index contributed by atoms with van der Waals surface area (Å²) in [5.41, 5.74) is 4.86. The zero-order chi connectivity index (χ0) is 18.1. The molecule has 1 heterocycles. The monoisotopic (exact) mass is 365 g/mol. The first-order valence-corrected chi connectivity index (χ1v) is 10.00. The number of nitrogens with one attached hydrogen (secondary N) is 1. The summed E-state index contributed by atoms with van der Waals surface area (Å²) in [5, 5.41) is 6.21. The van der Waals surface area contributed by atoms with E-state index in [1.54, 1.807) is 0 Å². The van der Waals surface area contributed by atoms with Crippen molar-refractivity contribution in [2.75, 3.05) is 5.32 Å². The number of hydrogen-bond acceptors (Lipinski definition) is 2. The second kappa shape index (κ2) is 6.90. The number of hydrogen-bond donors (Lipinski definition) is 1. The Kier molecular flexibility index (Phi) is 4.11. The highest BCUT2D eigenvalue weighted by molar-refractivity contribution is 7.25. The number of fused-ring (bicyclic) bond motifs is 3. The van der Waals surface area contributed by atoms with E-state index in [1.165, 1.54) is 31.3 Å². The molecule has 1 nitrogen and oxygen atoms in total. The van der Waals surface area contributed by atoms with Gasteiger partial charge in [-0.2, -0.15) is 0 Å². The average Bonchev–Trinajstić information content (AvgIpc) is 2.87. The van der Waals surface area contributed by atoms with Gasteiger partial charge in [-0.05, 0) is 47.9 Å². The first kappa shape index (κ1) is 16.1. The smallest absolute Gasteiger partial charge is 0.0398 e. The van der Waals surface area contributed by atoms with Crippen LogP contribution in [0.2, 0.25) is 0 Å². The molecule has 0 amide bonds. The third-order valence-corrected chi connectivity index (χ3v) is 6.05. The Morgan fingerprint density at radius 2 is 1.52 bits per heavy atom. The largest absolute Gasteiger partial charge is 0.355 e. The molecule has 1 N–H and O–H groups in total. The van der Waals surface area contributed by atoms with Gasteiger partial charge in [0.25, 0.3) is 0 Å². The third kappa shape index (κ3) is 3.20. The summed E-state index contributed by atoms with van der Waals surface area (Å²) in [4.78, 5) is 0. The molecule has 5 rings (SSSR count). The van der Waals surface area contributed by atoms with Gasteiger partial charge in [0.05, 0.1) is 0 Å². The van der Waals surface area contributed by atoms with Crippen LogP contribution in [-0.2, 0) is 0 Å². The van der Waals surface area contributed by atoms with Crippen LogP contribution in [-0.4, -0.2) is 0 Å². The minimum atomic E-state index is 0.975. The molecule has 1 aliphatic carbocycles. The van der Waals surface area contributed by atoms with Gasteiger partial charge in [-0.25, -0.2) is 0 Å². The lowest BCUT2D eigenvalue weighted by Gasteiger charge is -2.09. The van der Waals surface area contributed by atoms with E-state index in [1.807, 2.05) is 11.3 Å². The standard InChI is InChI=1S/C25H19NS/c1-2-4-8-18(7-3-1)19-11-13-20(14-12-19)26-21-15-16-23-22-9-5-6-10-24(22)27-25(23)17-21/h1-7,9-17,26H,8H2. The molecule has 2 heteroatoms. The van der Waals surface area contributed by atoms with Crippen molar-refractivity contribution in [3.8, 4) is 0 Å². The predicted molar refractivity (Wildman–Crippen MR) is 120 cm³/mol. The van der Waals surface area contributed by atoms with Crippen molar-refractivity contribution >= 4 is 48.5 Å². The number of anilines is 2. The van der Waals surface area contributed by atoms with Gasteiger partial charge in [-0.1, -0.05) is 66.8 Å². The fourth-order valence-electron chi connectivity index (χ4n) is 3.53. The van der Waals surface area contributed by atoms with E-state index in [0.717, 1.165) is 17.8 Å². The van der Waals surface area contributed by atoms with Crippen molar-refractivity contribution < 1.29 is 0 Å². The second-order valence-corrected chi connectivity index (χ2v) is 7.80. The van der Waals surface area contributed by atoms with Crippen LogP contribution < -0.4 is 5.32 Å². The molecular formula is C25H19NS. The molecule has 0 bridgehead atoms. The number of benzene rings is 3. The Morgan fingerprint density at radius 3 is 2.44 bits per heavy atom. The Labute approximate surface area is 163 Å². The summed E-state index contributed by atoms with van der Waals surface area (Å²) in [6.07, 6.45) is 11.6. The summed E-state index contributed by atoms with van der Waals surface area (Å²) in [5.74, 6) is 0. The van der Waals surface area contributed by atoms with Gasteiger partial charge >= 0.3 is 0 Å². The summed E-state index contributed by atoms with van der Waals surface area (Å²) in [6, 6.07) is 23.9. The van der Waals surface area contributed by atoms with E-state index >= 15 is 0 Å². The van der Waals surface area contributed by atoms with Crippen LogP contribution in [0.25, 0.3) is 25.7 Å². The van der Waals surface area contributed by atoms with E-state index in [0.29, 0.717) is 0 Å². The highest BCUT2D eigenvalue weighted by Gasteiger charge is 2.06. The van der Waals surface area contributed by atoms with Crippen LogP contribution in [0.1, 0.15) is 12.0 Å². The number of thiophene rings is 1. The van der Waals surface area contributed by atoms with E-state index in [2.05, 4.69) is 102 Å². The molecule has 3 aromatic carbocycles. The average molecular weight is 366 g/mol. The fourth-order valence-corrected chi connectivity index (χ4v) is 4.67. The van der Waals surface area contributed by atoms with Crippen LogP contribution in [0.3, 0.4) is 0 Å². The summed E-state index contributed by atoms with van der Waals surface area (Å²) < 4.78 is 2.66. The molecule has 27 heavy (non-hydrogen) atoms. The summed E-state index contributed by atoms with van der Waals surface area (Å²) in [7, 11) is 0. The molecule has 0 fully saturated rings. The Balaban J connectivity index is 1.41. The second-order valence-electron chi connectivity index (χ2n) is 6.72. The molecule has 0 radical (unpaired) electrons. The molecule has 1 aliphatic rings. The van der Waals surface area contributed by atoms with Gasteiger partial charge in [0.1, 0.15) is 0 Å². The normalized spacial score (nSPS) is 13.7. The van der Waals surface area contributed by atoms with Crippen molar-refractivity contribution in [1.29, 1.82) is 0 Å². The van der Waals surface area contributed by atoms with Crippen LogP contribution in [0.5, 0.6) is 0 Å². The minimum Gasteiger partial charge on any atom is -0.355 e. The maximum absolute atomic E-state index is 3.54. The molecule has 0 unspecified atom stereocenters. The summed E-state index contributed by atoms with van der Waals surface area (Å²) in [6.45, 7) is 0. The van der Waals surface area contributed by atoms with E-state index < -0.39 is 0 Å². The van der Waals surface area contributed by atoms with Crippen LogP contribution >= 0.6 is 11.3 Å². The first-order chi connectivity index (χ1) is 13.4. The minimum absolute atomic E-state index is 0.975. The van der Waals surface area contributed by atoms with Crippen LogP contribution in [0.4, 0.5) is 11.4 Å². The summed E-state index contributed by atoms with van der Waals surface area (Å²) >= 11 is 1.85. The highest BCUT2D eigenvalue weighted by atomic mass is 32.1. The van der Waals surface area contributed by atoms with Gasteiger partial charge < -0.3 is 5.32 Å². The molecular weight excluding hydrogens is 346 g/mol. The first-order valence-electron chi connectivity index (χ1n) is 9.18. The zero-order valence-electron chi connectivity index (χ0n) is 14.9. The van der Waals surface area contributed by atoms with E-state index in [4.69, 9.17) is 0 Å². The topological polar surface area (TPSA) is 12.0 Å². The van der Waals surface area contributed by atoms with Gasteiger partial charge in [0.2, 0.25) is 0 Å².